The van der Waals surface area contributed by atoms with E-state index in [9.17, 15) is 17.6 Å². The van der Waals surface area contributed by atoms with Crippen LogP contribution in [0.2, 0.25) is 0 Å². The van der Waals surface area contributed by atoms with Gasteiger partial charge < -0.3 is 9.47 Å². The standard InChI is InChI=1S/C24H25BrFN3O5S/c1-3-33-24(30)15-29-22-6-4-5-21(19(22)14-27-29)28(2)35(31,32)18-11-12-23(20(25)13-18)34-17-9-7-16(26)8-10-17/h7-14,21H,3-6,15H2,1-2H3. The summed E-state index contributed by atoms with van der Waals surface area (Å²) in [6, 6.07) is 9.65. The third-order valence-corrected chi connectivity index (χ3v) is 8.36. The first-order valence-electron chi connectivity index (χ1n) is 11.1. The molecule has 0 saturated heterocycles. The zero-order chi connectivity index (χ0) is 25.2. The van der Waals surface area contributed by atoms with Crippen molar-refractivity contribution in [1.29, 1.82) is 0 Å². The van der Waals surface area contributed by atoms with E-state index in [1.54, 1.807) is 30.9 Å². The van der Waals surface area contributed by atoms with Crippen molar-refractivity contribution in [3.8, 4) is 11.5 Å². The van der Waals surface area contributed by atoms with Gasteiger partial charge in [-0.25, -0.2) is 12.8 Å². The van der Waals surface area contributed by atoms with Crippen LogP contribution in [0.3, 0.4) is 0 Å². The minimum Gasteiger partial charge on any atom is -0.465 e. The van der Waals surface area contributed by atoms with E-state index in [2.05, 4.69) is 21.0 Å². The SMILES string of the molecule is CCOC(=O)Cn1ncc2c1CCCC2N(C)S(=O)(=O)c1ccc(Oc2ccc(F)cc2)c(Br)c1. The highest BCUT2D eigenvalue weighted by Crippen LogP contribution is 2.38. The average molecular weight is 566 g/mol. The molecule has 2 aromatic carbocycles. The van der Waals surface area contributed by atoms with Crippen LogP contribution in [0.1, 0.15) is 37.1 Å². The van der Waals surface area contributed by atoms with E-state index in [0.717, 1.165) is 17.7 Å². The monoisotopic (exact) mass is 565 g/mol. The quantitative estimate of drug-likeness (QED) is 0.363. The molecular weight excluding hydrogens is 541 g/mol. The predicted octanol–water partition coefficient (Wildman–Crippen LogP) is 4.84. The summed E-state index contributed by atoms with van der Waals surface area (Å²) in [4.78, 5) is 12.0. The molecule has 0 amide bonds. The van der Waals surface area contributed by atoms with Crippen LogP contribution in [0.15, 0.2) is 58.0 Å². The smallest absolute Gasteiger partial charge is 0.327 e. The van der Waals surface area contributed by atoms with Gasteiger partial charge in [-0.3, -0.25) is 9.48 Å². The van der Waals surface area contributed by atoms with Crippen LogP contribution in [0.5, 0.6) is 11.5 Å². The number of carbonyl (C=O) groups excluding carboxylic acids is 1. The van der Waals surface area contributed by atoms with Crippen molar-refractivity contribution in [2.24, 2.45) is 0 Å². The van der Waals surface area contributed by atoms with E-state index < -0.39 is 16.1 Å². The fourth-order valence-electron chi connectivity index (χ4n) is 4.13. The van der Waals surface area contributed by atoms with Crippen LogP contribution < -0.4 is 4.74 Å². The summed E-state index contributed by atoms with van der Waals surface area (Å²) in [6.07, 6.45) is 3.75. The number of hydrogen-bond acceptors (Lipinski definition) is 6. The molecule has 4 rings (SSSR count). The number of aromatic nitrogens is 2. The van der Waals surface area contributed by atoms with Gasteiger partial charge in [0.15, 0.2) is 0 Å². The van der Waals surface area contributed by atoms with Gasteiger partial charge in [-0.05, 0) is 84.6 Å². The third-order valence-electron chi connectivity index (χ3n) is 5.88. The molecule has 186 valence electrons. The van der Waals surface area contributed by atoms with E-state index in [-0.39, 0.29) is 29.8 Å². The van der Waals surface area contributed by atoms with Gasteiger partial charge in [0, 0.05) is 18.3 Å². The van der Waals surface area contributed by atoms with Gasteiger partial charge in [-0.1, -0.05) is 0 Å². The number of rotatable bonds is 8. The number of esters is 1. The molecule has 0 bridgehead atoms. The highest BCUT2D eigenvalue weighted by Gasteiger charge is 2.34. The second kappa shape index (κ2) is 10.5. The molecule has 1 aromatic heterocycles. The Morgan fingerprint density at radius 2 is 2.00 bits per heavy atom. The lowest BCUT2D eigenvalue weighted by Crippen LogP contribution is -2.33. The van der Waals surface area contributed by atoms with E-state index in [1.165, 1.54) is 40.7 Å². The van der Waals surface area contributed by atoms with Gasteiger partial charge in [-0.15, -0.1) is 0 Å². The minimum absolute atomic E-state index is 0.00514. The molecule has 1 aliphatic rings. The second-order valence-electron chi connectivity index (χ2n) is 8.09. The summed E-state index contributed by atoms with van der Waals surface area (Å²) in [7, 11) is -2.30. The zero-order valence-corrected chi connectivity index (χ0v) is 21.7. The molecular formula is C24H25BrFN3O5S. The summed E-state index contributed by atoms with van der Waals surface area (Å²) in [5, 5.41) is 4.33. The highest BCUT2D eigenvalue weighted by atomic mass is 79.9. The summed E-state index contributed by atoms with van der Waals surface area (Å²) >= 11 is 3.38. The maximum Gasteiger partial charge on any atom is 0.327 e. The Kier molecular flexibility index (Phi) is 7.58. The first kappa shape index (κ1) is 25.3. The van der Waals surface area contributed by atoms with Gasteiger partial charge >= 0.3 is 5.97 Å². The summed E-state index contributed by atoms with van der Waals surface area (Å²) in [5.74, 6) is 0.0697. The number of nitrogens with zero attached hydrogens (tertiary/aromatic N) is 3. The van der Waals surface area contributed by atoms with Crippen molar-refractivity contribution >= 4 is 31.9 Å². The van der Waals surface area contributed by atoms with E-state index >= 15 is 0 Å². The maximum absolute atomic E-state index is 13.5. The fourth-order valence-corrected chi connectivity index (χ4v) is 6.13. The summed E-state index contributed by atoms with van der Waals surface area (Å²) in [6.45, 7) is 2.02. The average Bonchev–Trinajstić information content (AvgIpc) is 3.24. The van der Waals surface area contributed by atoms with Crippen molar-refractivity contribution in [2.75, 3.05) is 13.7 Å². The highest BCUT2D eigenvalue weighted by molar-refractivity contribution is 9.10. The number of carbonyl (C=O) groups is 1. The number of hydrogen-bond donors (Lipinski definition) is 0. The molecule has 1 atom stereocenters. The molecule has 3 aromatic rings. The van der Waals surface area contributed by atoms with Gasteiger partial charge in [0.1, 0.15) is 23.9 Å². The van der Waals surface area contributed by atoms with Crippen LogP contribution in [0, 0.1) is 5.82 Å². The molecule has 0 radical (unpaired) electrons. The lowest BCUT2D eigenvalue weighted by molar-refractivity contribution is -0.144. The molecule has 0 saturated carbocycles. The number of benzene rings is 2. The first-order chi connectivity index (χ1) is 16.7. The molecule has 8 nitrogen and oxygen atoms in total. The van der Waals surface area contributed by atoms with Crippen LogP contribution in [-0.4, -0.2) is 42.1 Å². The Morgan fingerprint density at radius 3 is 2.69 bits per heavy atom. The van der Waals surface area contributed by atoms with Crippen LogP contribution >= 0.6 is 15.9 Å². The molecule has 0 spiro atoms. The van der Waals surface area contributed by atoms with Gasteiger partial charge in [-0.2, -0.15) is 9.40 Å². The number of ether oxygens (including phenoxy) is 2. The predicted molar refractivity (Wildman–Crippen MR) is 130 cm³/mol. The normalized spacial score (nSPS) is 15.6. The third kappa shape index (κ3) is 5.41. The van der Waals surface area contributed by atoms with Crippen molar-refractivity contribution in [3.63, 3.8) is 0 Å². The molecule has 35 heavy (non-hydrogen) atoms. The Balaban J connectivity index is 1.56. The molecule has 1 aliphatic carbocycles. The minimum atomic E-state index is -3.85. The zero-order valence-electron chi connectivity index (χ0n) is 19.3. The Hall–Kier alpha value is -2.76. The number of fused-ring (bicyclic) bond motifs is 1. The molecule has 11 heteroatoms. The van der Waals surface area contributed by atoms with Crippen molar-refractivity contribution in [1.82, 2.24) is 14.1 Å². The van der Waals surface area contributed by atoms with Crippen LogP contribution in [0.4, 0.5) is 4.39 Å². The largest absolute Gasteiger partial charge is 0.465 e. The first-order valence-corrected chi connectivity index (χ1v) is 13.3. The lowest BCUT2D eigenvalue weighted by Gasteiger charge is -2.31. The fraction of sp³-hybridized carbons (Fsp3) is 0.333. The van der Waals surface area contributed by atoms with Gasteiger partial charge in [0.25, 0.3) is 0 Å². The molecule has 1 unspecified atom stereocenters. The number of halogens is 2. The Morgan fingerprint density at radius 1 is 1.26 bits per heavy atom. The molecule has 0 fully saturated rings. The Labute approximate surface area is 211 Å². The molecule has 1 heterocycles. The summed E-state index contributed by atoms with van der Waals surface area (Å²) in [5.41, 5.74) is 1.64. The topological polar surface area (TPSA) is 90.7 Å². The van der Waals surface area contributed by atoms with E-state index in [4.69, 9.17) is 9.47 Å². The molecule has 0 aliphatic heterocycles. The van der Waals surface area contributed by atoms with Crippen LogP contribution in [-0.2, 0) is 32.5 Å². The number of sulfonamides is 1. The summed E-state index contributed by atoms with van der Waals surface area (Å²) < 4.78 is 54.3. The van der Waals surface area contributed by atoms with Gasteiger partial charge in [0.05, 0.1) is 28.2 Å². The van der Waals surface area contributed by atoms with E-state index in [1.807, 2.05) is 0 Å². The van der Waals surface area contributed by atoms with Crippen molar-refractivity contribution in [3.05, 3.63) is 70.2 Å². The molecule has 0 N–H and O–H groups in total. The van der Waals surface area contributed by atoms with Crippen molar-refractivity contribution in [2.45, 2.75) is 43.7 Å². The second-order valence-corrected chi connectivity index (χ2v) is 10.9. The lowest BCUT2D eigenvalue weighted by atomic mass is 9.93. The van der Waals surface area contributed by atoms with E-state index in [0.29, 0.717) is 28.8 Å². The van der Waals surface area contributed by atoms with Gasteiger partial charge in [0.2, 0.25) is 10.0 Å². The van der Waals surface area contributed by atoms with Crippen LogP contribution in [0.25, 0.3) is 0 Å². The van der Waals surface area contributed by atoms with Crippen molar-refractivity contribution < 1.29 is 27.1 Å². The Bertz CT molecular complexity index is 1330. The maximum atomic E-state index is 13.5.